The Morgan fingerprint density at radius 1 is 1.08 bits per heavy atom. The second kappa shape index (κ2) is 13.5. The van der Waals surface area contributed by atoms with Crippen LogP contribution >= 0.6 is 0 Å². The first-order valence-electron chi connectivity index (χ1n) is 17.7. The summed E-state index contributed by atoms with van der Waals surface area (Å²) >= 11 is 0. The first kappa shape index (κ1) is 34.3. The number of ether oxygens (including phenoxy) is 3. The van der Waals surface area contributed by atoms with Gasteiger partial charge >= 0.3 is 5.97 Å². The third-order valence-electron chi connectivity index (χ3n) is 10.3. The number of carboxylic acid groups (broad SMARTS) is 1. The van der Waals surface area contributed by atoms with Gasteiger partial charge < -0.3 is 28.8 Å². The van der Waals surface area contributed by atoms with Gasteiger partial charge in [0.05, 0.1) is 17.9 Å². The number of piperazine rings is 1. The number of benzene rings is 1. The number of aryl methyl sites for hydroxylation is 2. The zero-order valence-corrected chi connectivity index (χ0v) is 29.9. The Bertz CT molecular complexity index is 1920. The van der Waals surface area contributed by atoms with E-state index in [0.717, 1.165) is 81.3 Å². The minimum atomic E-state index is -1.35. The van der Waals surface area contributed by atoms with Crippen LogP contribution in [0.5, 0.6) is 5.75 Å². The third kappa shape index (κ3) is 6.44. The quantitative estimate of drug-likeness (QED) is 0.248. The summed E-state index contributed by atoms with van der Waals surface area (Å²) in [7, 11) is 1.91. The maximum atomic E-state index is 15.8. The number of rotatable bonds is 7. The van der Waals surface area contributed by atoms with Crippen LogP contribution in [0.4, 0.5) is 10.2 Å². The number of aliphatic carboxylic acids is 1. The Balaban J connectivity index is 1.35. The molecule has 2 saturated heterocycles. The standard InChI is InChI=1S/C38H47FN6O5/c1-22-25-8-7-17-49-33(25)28(39)20-26(22)32-27-21-29(43(6)36(27)41-23(2)31(32)34(37(46)47)50-38(3,4)5)35-40-12-9-30(42-35)45-15-13-44(14-16-45)24-10-18-48-19-11-24/h9,12,20-21,24,34H,7-8,10-11,13-19H2,1-6H3,(H,46,47)/t34-/m0/s1. The van der Waals surface area contributed by atoms with Gasteiger partial charge in [0.25, 0.3) is 0 Å². The lowest BCUT2D eigenvalue weighted by Crippen LogP contribution is -2.51. The third-order valence-corrected chi connectivity index (χ3v) is 10.3. The average Bonchev–Trinajstić information content (AvgIpc) is 3.43. The molecule has 0 radical (unpaired) electrons. The lowest BCUT2D eigenvalue weighted by atomic mass is 9.86. The van der Waals surface area contributed by atoms with Gasteiger partial charge in [-0.3, -0.25) is 4.90 Å². The molecule has 1 aromatic carbocycles. The number of pyridine rings is 1. The number of halogens is 1. The Hall–Kier alpha value is -4.13. The molecule has 0 bridgehead atoms. The number of hydrogen-bond acceptors (Lipinski definition) is 9. The predicted molar refractivity (Wildman–Crippen MR) is 189 cm³/mol. The molecule has 7 rings (SSSR count). The van der Waals surface area contributed by atoms with Gasteiger partial charge in [-0.2, -0.15) is 0 Å². The Morgan fingerprint density at radius 2 is 1.82 bits per heavy atom. The van der Waals surface area contributed by atoms with E-state index < -0.39 is 23.5 Å². The fraction of sp³-hybridized carbons (Fsp3) is 0.526. The minimum Gasteiger partial charge on any atom is -0.490 e. The summed E-state index contributed by atoms with van der Waals surface area (Å²) in [6.45, 7) is 15.0. The molecule has 4 aromatic rings. The molecule has 0 aliphatic carbocycles. The highest BCUT2D eigenvalue weighted by Crippen LogP contribution is 2.45. The maximum absolute atomic E-state index is 15.8. The van der Waals surface area contributed by atoms with Crippen molar-refractivity contribution < 1.29 is 28.5 Å². The summed E-state index contributed by atoms with van der Waals surface area (Å²) in [6.07, 6.45) is 4.03. The SMILES string of the molecule is Cc1nc2c(cc(-c3nccc(N4CCN(C5CCOCC5)CC4)n3)n2C)c(-c2cc(F)c3c(c2C)CCCO3)c1[C@H](OC(C)(C)C)C(=O)O. The maximum Gasteiger partial charge on any atom is 0.337 e. The molecular weight excluding hydrogens is 639 g/mol. The zero-order valence-electron chi connectivity index (χ0n) is 29.9. The lowest BCUT2D eigenvalue weighted by Gasteiger charge is -2.41. The number of anilines is 1. The van der Waals surface area contributed by atoms with Crippen LogP contribution in [0, 0.1) is 19.7 Å². The molecule has 0 spiro atoms. The fourth-order valence-corrected chi connectivity index (χ4v) is 7.80. The van der Waals surface area contributed by atoms with Crippen LogP contribution in [0.15, 0.2) is 24.4 Å². The molecule has 266 valence electrons. The van der Waals surface area contributed by atoms with Gasteiger partial charge in [-0.25, -0.2) is 24.1 Å². The molecule has 12 heteroatoms. The van der Waals surface area contributed by atoms with Gasteiger partial charge in [0.2, 0.25) is 0 Å². The predicted octanol–water partition coefficient (Wildman–Crippen LogP) is 6.02. The van der Waals surface area contributed by atoms with E-state index in [9.17, 15) is 9.90 Å². The Labute approximate surface area is 292 Å². The first-order chi connectivity index (χ1) is 23.9. The average molecular weight is 687 g/mol. The molecule has 3 aromatic heterocycles. The van der Waals surface area contributed by atoms with Crippen LogP contribution in [-0.4, -0.2) is 93.1 Å². The van der Waals surface area contributed by atoms with Crippen molar-refractivity contribution in [3.05, 3.63) is 52.6 Å². The number of carboxylic acids is 1. The van der Waals surface area contributed by atoms with Crippen LogP contribution in [0.3, 0.4) is 0 Å². The van der Waals surface area contributed by atoms with E-state index in [1.165, 1.54) is 6.07 Å². The summed E-state index contributed by atoms with van der Waals surface area (Å²) < 4.78 is 35.3. The van der Waals surface area contributed by atoms with Crippen LogP contribution in [0.25, 0.3) is 33.7 Å². The van der Waals surface area contributed by atoms with E-state index >= 15 is 4.39 Å². The first-order valence-corrected chi connectivity index (χ1v) is 17.7. The van der Waals surface area contributed by atoms with E-state index in [0.29, 0.717) is 58.3 Å². The summed E-state index contributed by atoms with van der Waals surface area (Å²) in [5.41, 5.74) is 4.26. The van der Waals surface area contributed by atoms with E-state index in [1.54, 1.807) is 13.1 Å². The molecule has 2 fully saturated rings. The van der Waals surface area contributed by atoms with Crippen LogP contribution < -0.4 is 9.64 Å². The molecule has 11 nitrogen and oxygen atoms in total. The summed E-state index contributed by atoms with van der Waals surface area (Å²) in [4.78, 5) is 32.5. The minimum absolute atomic E-state index is 0.273. The molecule has 1 N–H and O–H groups in total. The van der Waals surface area contributed by atoms with Gasteiger partial charge in [-0.05, 0) is 89.6 Å². The van der Waals surface area contributed by atoms with Gasteiger partial charge in [0.15, 0.2) is 23.5 Å². The van der Waals surface area contributed by atoms with Crippen LogP contribution in [0.2, 0.25) is 0 Å². The number of hydrogen-bond donors (Lipinski definition) is 1. The van der Waals surface area contributed by atoms with Crippen molar-refractivity contribution >= 4 is 22.8 Å². The summed E-state index contributed by atoms with van der Waals surface area (Å²) in [6, 6.07) is 5.94. The van der Waals surface area contributed by atoms with Crippen LogP contribution in [-0.2, 0) is 27.7 Å². The monoisotopic (exact) mass is 686 g/mol. The van der Waals surface area contributed by atoms with Crippen LogP contribution in [0.1, 0.15) is 68.5 Å². The molecule has 50 heavy (non-hydrogen) atoms. The number of carbonyl (C=O) groups is 1. The van der Waals surface area contributed by atoms with E-state index in [1.807, 2.05) is 51.4 Å². The molecular formula is C38H47FN6O5. The second-order valence-electron chi connectivity index (χ2n) is 14.7. The highest BCUT2D eigenvalue weighted by molar-refractivity contribution is 6.01. The zero-order chi connectivity index (χ0) is 35.3. The summed E-state index contributed by atoms with van der Waals surface area (Å²) in [5.74, 6) is 0.0430. The van der Waals surface area contributed by atoms with Crippen molar-refractivity contribution in [2.45, 2.75) is 78.0 Å². The molecule has 0 unspecified atom stereocenters. The van der Waals surface area contributed by atoms with E-state index in [4.69, 9.17) is 29.2 Å². The van der Waals surface area contributed by atoms with Gasteiger partial charge in [0.1, 0.15) is 11.5 Å². The normalized spacial score (nSPS) is 18.3. The summed E-state index contributed by atoms with van der Waals surface area (Å²) in [5, 5.41) is 11.2. The smallest absolute Gasteiger partial charge is 0.337 e. The molecule has 3 aliphatic heterocycles. The van der Waals surface area contributed by atoms with Crippen molar-refractivity contribution in [2.24, 2.45) is 7.05 Å². The number of nitrogens with zero attached hydrogens (tertiary/aromatic N) is 6. The van der Waals surface area contributed by atoms with Gasteiger partial charge in [0, 0.05) is 86.4 Å². The molecule has 0 amide bonds. The molecule has 1 atom stereocenters. The Morgan fingerprint density at radius 3 is 2.52 bits per heavy atom. The fourth-order valence-electron chi connectivity index (χ4n) is 7.80. The lowest BCUT2D eigenvalue weighted by molar-refractivity contribution is -0.160. The number of aromatic nitrogens is 4. The van der Waals surface area contributed by atoms with Crippen molar-refractivity contribution in [2.75, 3.05) is 50.9 Å². The van der Waals surface area contributed by atoms with Crippen molar-refractivity contribution in [1.82, 2.24) is 24.4 Å². The topological polar surface area (TPSA) is 115 Å². The Kier molecular flexibility index (Phi) is 9.29. The van der Waals surface area contributed by atoms with E-state index in [-0.39, 0.29) is 5.75 Å². The molecule has 3 aliphatic rings. The van der Waals surface area contributed by atoms with Crippen molar-refractivity contribution in [3.63, 3.8) is 0 Å². The van der Waals surface area contributed by atoms with E-state index in [2.05, 4.69) is 9.80 Å². The largest absolute Gasteiger partial charge is 0.490 e. The molecule has 6 heterocycles. The highest BCUT2D eigenvalue weighted by Gasteiger charge is 2.35. The number of fused-ring (bicyclic) bond motifs is 2. The van der Waals surface area contributed by atoms with Gasteiger partial charge in [-0.15, -0.1) is 0 Å². The van der Waals surface area contributed by atoms with Gasteiger partial charge in [-0.1, -0.05) is 0 Å². The molecule has 0 saturated carbocycles. The highest BCUT2D eigenvalue weighted by atomic mass is 19.1. The second-order valence-corrected chi connectivity index (χ2v) is 14.7. The van der Waals surface area contributed by atoms with Crippen molar-refractivity contribution in [1.29, 1.82) is 0 Å². The van der Waals surface area contributed by atoms with Crippen molar-refractivity contribution in [3.8, 4) is 28.4 Å².